The quantitative estimate of drug-likeness (QED) is 0.604. The fourth-order valence-electron chi connectivity index (χ4n) is 3.28. The maximum atomic E-state index is 12.8. The van der Waals surface area contributed by atoms with Gasteiger partial charge in [-0.1, -0.05) is 24.3 Å². The summed E-state index contributed by atoms with van der Waals surface area (Å²) in [6, 6.07) is 11.2. The van der Waals surface area contributed by atoms with Crippen molar-refractivity contribution in [3.05, 3.63) is 73.8 Å². The van der Waals surface area contributed by atoms with E-state index in [1.54, 1.807) is 42.2 Å². The molecule has 2 aromatic rings. The molecule has 9 nitrogen and oxygen atoms in total. The number of hydrogen-bond donors (Lipinski definition) is 0. The maximum absolute atomic E-state index is 12.8. The number of piperazine rings is 1. The van der Waals surface area contributed by atoms with E-state index < -0.39 is 15.8 Å². The van der Waals surface area contributed by atoms with Crippen LogP contribution in [0.3, 0.4) is 0 Å². The van der Waals surface area contributed by atoms with Crippen LogP contribution >= 0.6 is 0 Å². The highest BCUT2D eigenvalue weighted by Gasteiger charge is 2.30. The van der Waals surface area contributed by atoms with Crippen LogP contribution in [0.15, 0.2) is 42.5 Å². The molecule has 1 aliphatic rings. The molecular weight excluding hydrogens is 352 g/mol. The van der Waals surface area contributed by atoms with Crippen LogP contribution in [0.1, 0.15) is 15.9 Å². The first-order valence-corrected chi connectivity index (χ1v) is 8.42. The molecule has 27 heavy (non-hydrogen) atoms. The highest BCUT2D eigenvalue weighted by Crippen LogP contribution is 2.29. The van der Waals surface area contributed by atoms with Gasteiger partial charge in [-0.25, -0.2) is 0 Å². The van der Waals surface area contributed by atoms with E-state index in [2.05, 4.69) is 0 Å². The van der Waals surface area contributed by atoms with Crippen LogP contribution < -0.4 is 4.90 Å². The molecule has 0 spiro atoms. The van der Waals surface area contributed by atoms with Crippen molar-refractivity contribution in [2.75, 3.05) is 31.1 Å². The van der Waals surface area contributed by atoms with Crippen LogP contribution in [0.2, 0.25) is 0 Å². The van der Waals surface area contributed by atoms with E-state index in [4.69, 9.17) is 0 Å². The third-order valence-corrected chi connectivity index (χ3v) is 4.64. The van der Waals surface area contributed by atoms with E-state index in [0.717, 1.165) is 0 Å². The number of nitro groups is 2. The van der Waals surface area contributed by atoms with E-state index in [-0.39, 0.29) is 16.9 Å². The van der Waals surface area contributed by atoms with Crippen molar-refractivity contribution >= 4 is 23.0 Å². The predicted molar refractivity (Wildman–Crippen MR) is 99.0 cm³/mol. The lowest BCUT2D eigenvalue weighted by atomic mass is 10.1. The van der Waals surface area contributed by atoms with E-state index in [1.807, 2.05) is 4.90 Å². The SMILES string of the molecule is Cc1cccc(C(=O)N2CCN(c3ccccc3[N+](=O)[O-])CC2)c1[N+](=O)[O-]. The van der Waals surface area contributed by atoms with Gasteiger partial charge in [0.2, 0.25) is 0 Å². The second kappa shape index (κ2) is 7.40. The zero-order valence-corrected chi connectivity index (χ0v) is 14.7. The molecule has 0 atom stereocenters. The van der Waals surface area contributed by atoms with Gasteiger partial charge in [-0.3, -0.25) is 25.0 Å². The summed E-state index contributed by atoms with van der Waals surface area (Å²) in [5.74, 6) is -0.396. The lowest BCUT2D eigenvalue weighted by Crippen LogP contribution is -2.49. The first kappa shape index (κ1) is 18.3. The van der Waals surface area contributed by atoms with E-state index in [1.165, 1.54) is 12.1 Å². The third-order valence-electron chi connectivity index (χ3n) is 4.64. The Labute approximate surface area is 155 Å². The second-order valence-electron chi connectivity index (χ2n) is 6.25. The molecular formula is C18H18N4O5. The average Bonchev–Trinajstić information content (AvgIpc) is 2.67. The molecule has 1 saturated heterocycles. The van der Waals surface area contributed by atoms with Gasteiger partial charge in [-0.05, 0) is 19.1 Å². The Morgan fingerprint density at radius 1 is 0.926 bits per heavy atom. The monoisotopic (exact) mass is 370 g/mol. The Kier molecular flexibility index (Phi) is 5.02. The molecule has 0 N–H and O–H groups in total. The number of aryl methyl sites for hydroxylation is 1. The standard InChI is InChI=1S/C18H18N4O5/c1-13-5-4-6-14(17(13)22(26)27)18(23)20-11-9-19(10-12-20)15-7-2-3-8-16(15)21(24)25/h2-8H,9-12H2,1H3. The molecule has 1 heterocycles. The number of anilines is 1. The summed E-state index contributed by atoms with van der Waals surface area (Å²) in [5, 5.41) is 22.5. The highest BCUT2D eigenvalue weighted by atomic mass is 16.6. The summed E-state index contributed by atoms with van der Waals surface area (Å²) in [4.78, 5) is 37.8. The van der Waals surface area contributed by atoms with Crippen LogP contribution in [-0.2, 0) is 0 Å². The van der Waals surface area contributed by atoms with Crippen molar-refractivity contribution in [2.24, 2.45) is 0 Å². The van der Waals surface area contributed by atoms with Crippen LogP contribution in [0.4, 0.5) is 17.1 Å². The van der Waals surface area contributed by atoms with Crippen molar-refractivity contribution < 1.29 is 14.6 Å². The van der Waals surface area contributed by atoms with Crippen LogP contribution in [0, 0.1) is 27.2 Å². The molecule has 0 radical (unpaired) electrons. The van der Waals surface area contributed by atoms with Gasteiger partial charge in [0, 0.05) is 37.8 Å². The average molecular weight is 370 g/mol. The fourth-order valence-corrected chi connectivity index (χ4v) is 3.28. The smallest absolute Gasteiger partial charge is 0.292 e. The minimum atomic E-state index is -0.536. The van der Waals surface area contributed by atoms with E-state index in [9.17, 15) is 25.0 Å². The molecule has 9 heteroatoms. The first-order chi connectivity index (χ1) is 12.9. The summed E-state index contributed by atoms with van der Waals surface area (Å²) in [7, 11) is 0. The van der Waals surface area contributed by atoms with E-state index in [0.29, 0.717) is 37.4 Å². The predicted octanol–water partition coefficient (Wildman–Crippen LogP) is 2.77. The Morgan fingerprint density at radius 2 is 1.59 bits per heavy atom. The topological polar surface area (TPSA) is 110 Å². The minimum Gasteiger partial charge on any atom is -0.362 e. The van der Waals surface area contributed by atoms with Gasteiger partial charge in [0.1, 0.15) is 11.3 Å². The van der Waals surface area contributed by atoms with Crippen molar-refractivity contribution in [2.45, 2.75) is 6.92 Å². The molecule has 0 saturated carbocycles. The maximum Gasteiger partial charge on any atom is 0.292 e. The molecule has 140 valence electrons. The van der Waals surface area contributed by atoms with Gasteiger partial charge in [-0.15, -0.1) is 0 Å². The minimum absolute atomic E-state index is 0.0200. The van der Waals surface area contributed by atoms with Gasteiger partial charge in [-0.2, -0.15) is 0 Å². The second-order valence-corrected chi connectivity index (χ2v) is 6.25. The third kappa shape index (κ3) is 3.57. The Hall–Kier alpha value is -3.49. The van der Waals surface area contributed by atoms with Crippen molar-refractivity contribution in [3.8, 4) is 0 Å². The van der Waals surface area contributed by atoms with Crippen LogP contribution in [0.25, 0.3) is 0 Å². The molecule has 0 aromatic heterocycles. The summed E-state index contributed by atoms with van der Waals surface area (Å²) < 4.78 is 0. The van der Waals surface area contributed by atoms with Gasteiger partial charge in [0.05, 0.1) is 9.85 Å². The van der Waals surface area contributed by atoms with Crippen molar-refractivity contribution in [3.63, 3.8) is 0 Å². The fraction of sp³-hybridized carbons (Fsp3) is 0.278. The normalized spacial score (nSPS) is 14.1. The largest absolute Gasteiger partial charge is 0.362 e. The lowest BCUT2D eigenvalue weighted by molar-refractivity contribution is -0.385. The number of carbonyl (C=O) groups is 1. The summed E-state index contributed by atoms with van der Waals surface area (Å²) in [5.41, 5.74) is 0.856. The van der Waals surface area contributed by atoms with Gasteiger partial charge in [0.25, 0.3) is 17.3 Å². The Bertz CT molecular complexity index is 906. The number of nitro benzene ring substituents is 2. The summed E-state index contributed by atoms with van der Waals surface area (Å²) >= 11 is 0. The summed E-state index contributed by atoms with van der Waals surface area (Å²) in [6.45, 7) is 3.08. The lowest BCUT2D eigenvalue weighted by Gasteiger charge is -2.35. The van der Waals surface area contributed by atoms with Gasteiger partial charge < -0.3 is 9.80 Å². The van der Waals surface area contributed by atoms with Crippen LogP contribution in [-0.4, -0.2) is 46.8 Å². The molecule has 1 aliphatic heterocycles. The molecule has 0 bridgehead atoms. The highest BCUT2D eigenvalue weighted by molar-refractivity contribution is 5.98. The number of amides is 1. The first-order valence-electron chi connectivity index (χ1n) is 8.42. The zero-order chi connectivity index (χ0) is 19.6. The summed E-state index contributed by atoms with van der Waals surface area (Å²) in [6.07, 6.45) is 0. The molecule has 1 fully saturated rings. The van der Waals surface area contributed by atoms with E-state index >= 15 is 0 Å². The molecule has 0 unspecified atom stereocenters. The Balaban J connectivity index is 1.77. The number of benzene rings is 2. The molecule has 3 rings (SSSR count). The van der Waals surface area contributed by atoms with Crippen LogP contribution in [0.5, 0.6) is 0 Å². The number of para-hydroxylation sites is 3. The molecule has 1 amide bonds. The van der Waals surface area contributed by atoms with Gasteiger partial charge in [0.15, 0.2) is 0 Å². The molecule has 2 aromatic carbocycles. The number of hydrogen-bond acceptors (Lipinski definition) is 6. The number of rotatable bonds is 4. The molecule has 0 aliphatic carbocycles. The zero-order valence-electron chi connectivity index (χ0n) is 14.7. The van der Waals surface area contributed by atoms with Crippen molar-refractivity contribution in [1.29, 1.82) is 0 Å². The van der Waals surface area contributed by atoms with Crippen molar-refractivity contribution in [1.82, 2.24) is 4.90 Å². The Morgan fingerprint density at radius 3 is 2.22 bits per heavy atom. The number of carbonyl (C=O) groups excluding carboxylic acids is 1. The number of nitrogens with zero attached hydrogens (tertiary/aromatic N) is 4. The van der Waals surface area contributed by atoms with Gasteiger partial charge >= 0.3 is 0 Å².